The lowest BCUT2D eigenvalue weighted by atomic mass is 10.1. The van der Waals surface area contributed by atoms with Crippen molar-refractivity contribution in [3.8, 4) is 0 Å². The number of hydrogen-bond donors (Lipinski definition) is 0. The molecule has 2 atom stereocenters. The van der Waals surface area contributed by atoms with Crippen molar-refractivity contribution in [1.82, 2.24) is 0 Å². The van der Waals surface area contributed by atoms with E-state index in [1.165, 1.54) is 19.1 Å². The SMILES string of the molecule is CCC(C)SC(CCCC(=O)OC)c1ccccc1. The maximum atomic E-state index is 11.2. The number of esters is 1. The number of hydrogen-bond acceptors (Lipinski definition) is 3. The number of methoxy groups -OCH3 is 1. The summed E-state index contributed by atoms with van der Waals surface area (Å²) >= 11 is 2.00. The highest BCUT2D eigenvalue weighted by atomic mass is 32.2. The van der Waals surface area contributed by atoms with E-state index in [-0.39, 0.29) is 5.97 Å². The van der Waals surface area contributed by atoms with Crippen LogP contribution in [-0.2, 0) is 9.53 Å². The number of carbonyl (C=O) groups is 1. The average molecular weight is 280 g/mol. The Balaban J connectivity index is 2.57. The van der Waals surface area contributed by atoms with E-state index >= 15 is 0 Å². The first-order valence-corrected chi connectivity index (χ1v) is 7.88. The molecule has 0 bridgehead atoms. The largest absolute Gasteiger partial charge is 0.469 e. The lowest BCUT2D eigenvalue weighted by Gasteiger charge is -2.20. The maximum absolute atomic E-state index is 11.2. The molecule has 2 unspecified atom stereocenters. The Bertz CT molecular complexity index is 364. The van der Waals surface area contributed by atoms with Crippen LogP contribution in [0.2, 0.25) is 0 Å². The van der Waals surface area contributed by atoms with Crippen molar-refractivity contribution in [2.24, 2.45) is 0 Å². The molecule has 0 fully saturated rings. The monoisotopic (exact) mass is 280 g/mol. The third-order valence-corrected chi connectivity index (χ3v) is 4.85. The van der Waals surface area contributed by atoms with Crippen LogP contribution in [0.25, 0.3) is 0 Å². The van der Waals surface area contributed by atoms with Gasteiger partial charge in [0.2, 0.25) is 0 Å². The molecule has 2 nitrogen and oxygen atoms in total. The van der Waals surface area contributed by atoms with Crippen LogP contribution >= 0.6 is 11.8 Å². The number of ether oxygens (including phenoxy) is 1. The second kappa shape index (κ2) is 9.03. The molecule has 0 spiro atoms. The smallest absolute Gasteiger partial charge is 0.305 e. The van der Waals surface area contributed by atoms with Gasteiger partial charge in [-0.2, -0.15) is 11.8 Å². The van der Waals surface area contributed by atoms with Gasteiger partial charge in [0.1, 0.15) is 0 Å². The molecule has 3 heteroatoms. The lowest BCUT2D eigenvalue weighted by molar-refractivity contribution is -0.140. The summed E-state index contributed by atoms with van der Waals surface area (Å²) in [5.41, 5.74) is 1.36. The fourth-order valence-electron chi connectivity index (χ4n) is 1.89. The summed E-state index contributed by atoms with van der Waals surface area (Å²) in [6, 6.07) is 10.6. The molecule has 0 aromatic heterocycles. The topological polar surface area (TPSA) is 26.3 Å². The van der Waals surface area contributed by atoms with Gasteiger partial charge in [-0.3, -0.25) is 4.79 Å². The van der Waals surface area contributed by atoms with Gasteiger partial charge in [-0.1, -0.05) is 44.2 Å². The minimum absolute atomic E-state index is 0.111. The van der Waals surface area contributed by atoms with Gasteiger partial charge in [-0.25, -0.2) is 0 Å². The van der Waals surface area contributed by atoms with E-state index < -0.39 is 0 Å². The summed E-state index contributed by atoms with van der Waals surface area (Å²) in [6.07, 6.45) is 3.59. The minimum Gasteiger partial charge on any atom is -0.469 e. The van der Waals surface area contributed by atoms with Crippen LogP contribution in [-0.4, -0.2) is 18.3 Å². The minimum atomic E-state index is -0.111. The van der Waals surface area contributed by atoms with E-state index in [1.54, 1.807) is 0 Å². The zero-order chi connectivity index (χ0) is 14.1. The molecule has 0 heterocycles. The van der Waals surface area contributed by atoms with Crippen LogP contribution < -0.4 is 0 Å². The fourth-order valence-corrected chi connectivity index (χ4v) is 3.26. The third-order valence-electron chi connectivity index (χ3n) is 3.22. The molecule has 0 N–H and O–H groups in total. The van der Waals surface area contributed by atoms with E-state index in [0.29, 0.717) is 16.9 Å². The summed E-state index contributed by atoms with van der Waals surface area (Å²) in [6.45, 7) is 4.48. The normalized spacial score (nSPS) is 13.8. The van der Waals surface area contributed by atoms with Crippen LogP contribution in [0.1, 0.15) is 50.3 Å². The number of thioether (sulfide) groups is 1. The summed E-state index contributed by atoms with van der Waals surface area (Å²) < 4.78 is 4.69. The van der Waals surface area contributed by atoms with Crippen LogP contribution in [0.4, 0.5) is 0 Å². The molecule has 1 aromatic rings. The maximum Gasteiger partial charge on any atom is 0.305 e. The van der Waals surface area contributed by atoms with Gasteiger partial charge >= 0.3 is 5.97 Å². The number of carbonyl (C=O) groups excluding carboxylic acids is 1. The highest BCUT2D eigenvalue weighted by Crippen LogP contribution is 2.37. The highest BCUT2D eigenvalue weighted by Gasteiger charge is 2.15. The Kier molecular flexibility index (Phi) is 7.65. The number of rotatable bonds is 8. The standard InChI is InChI=1S/C16H24O2S/c1-4-13(2)19-15(11-8-12-16(17)18-3)14-9-6-5-7-10-14/h5-7,9-10,13,15H,4,8,11-12H2,1-3H3. The molecule has 0 saturated carbocycles. The van der Waals surface area contributed by atoms with Crippen molar-refractivity contribution in [2.45, 2.75) is 50.0 Å². The summed E-state index contributed by atoms with van der Waals surface area (Å²) in [5.74, 6) is -0.111. The predicted molar refractivity (Wildman–Crippen MR) is 82.4 cm³/mol. The third kappa shape index (κ3) is 6.15. The molecule has 106 valence electrons. The molecule has 0 aliphatic rings. The van der Waals surface area contributed by atoms with E-state index in [2.05, 4.69) is 38.1 Å². The number of benzene rings is 1. The van der Waals surface area contributed by atoms with Gasteiger partial charge < -0.3 is 4.74 Å². The molecule has 0 radical (unpaired) electrons. The Hall–Kier alpha value is -0.960. The first-order chi connectivity index (χ1) is 9.17. The van der Waals surface area contributed by atoms with Crippen molar-refractivity contribution in [2.75, 3.05) is 7.11 Å². The van der Waals surface area contributed by atoms with Gasteiger partial charge in [-0.05, 0) is 24.8 Å². The molecule has 0 aliphatic carbocycles. The Morgan fingerprint density at radius 1 is 1.32 bits per heavy atom. The fraction of sp³-hybridized carbons (Fsp3) is 0.562. The van der Waals surface area contributed by atoms with Gasteiger partial charge in [0, 0.05) is 16.9 Å². The highest BCUT2D eigenvalue weighted by molar-refractivity contribution is 8.00. The van der Waals surface area contributed by atoms with Crippen molar-refractivity contribution in [3.05, 3.63) is 35.9 Å². The zero-order valence-corrected chi connectivity index (χ0v) is 12.9. The van der Waals surface area contributed by atoms with Crippen LogP contribution in [0.5, 0.6) is 0 Å². The van der Waals surface area contributed by atoms with E-state index in [9.17, 15) is 4.79 Å². The second-order valence-electron chi connectivity index (χ2n) is 4.72. The second-order valence-corrected chi connectivity index (χ2v) is 6.37. The molecule has 19 heavy (non-hydrogen) atoms. The molecule has 0 amide bonds. The molecular formula is C16H24O2S. The van der Waals surface area contributed by atoms with E-state index in [4.69, 9.17) is 4.74 Å². The van der Waals surface area contributed by atoms with Gasteiger partial charge in [0.25, 0.3) is 0 Å². The summed E-state index contributed by atoms with van der Waals surface area (Å²) in [7, 11) is 1.45. The quantitative estimate of drug-likeness (QED) is 0.651. The zero-order valence-electron chi connectivity index (χ0n) is 12.1. The van der Waals surface area contributed by atoms with Gasteiger partial charge in [0.05, 0.1) is 7.11 Å². The van der Waals surface area contributed by atoms with Crippen molar-refractivity contribution in [1.29, 1.82) is 0 Å². The molecule has 0 saturated heterocycles. The molecule has 1 aromatic carbocycles. The van der Waals surface area contributed by atoms with Crippen molar-refractivity contribution >= 4 is 17.7 Å². The lowest BCUT2D eigenvalue weighted by Crippen LogP contribution is -2.04. The first-order valence-electron chi connectivity index (χ1n) is 6.94. The van der Waals surface area contributed by atoms with Gasteiger partial charge in [-0.15, -0.1) is 0 Å². The van der Waals surface area contributed by atoms with Gasteiger partial charge in [0.15, 0.2) is 0 Å². The Labute approximate surface area is 120 Å². The Morgan fingerprint density at radius 2 is 2.00 bits per heavy atom. The van der Waals surface area contributed by atoms with E-state index in [0.717, 1.165) is 12.8 Å². The van der Waals surface area contributed by atoms with Crippen LogP contribution in [0, 0.1) is 0 Å². The predicted octanol–water partition coefficient (Wildman–Crippen LogP) is 4.60. The average Bonchev–Trinajstić information content (AvgIpc) is 2.46. The van der Waals surface area contributed by atoms with Crippen molar-refractivity contribution in [3.63, 3.8) is 0 Å². The molecule has 0 aliphatic heterocycles. The summed E-state index contributed by atoms with van der Waals surface area (Å²) in [4.78, 5) is 11.2. The first kappa shape index (κ1) is 16.1. The Morgan fingerprint density at radius 3 is 2.58 bits per heavy atom. The van der Waals surface area contributed by atoms with Crippen molar-refractivity contribution < 1.29 is 9.53 Å². The van der Waals surface area contributed by atoms with Crippen LogP contribution in [0.15, 0.2) is 30.3 Å². The molecule has 1 rings (SSSR count). The van der Waals surface area contributed by atoms with Crippen LogP contribution in [0.3, 0.4) is 0 Å². The molecular weight excluding hydrogens is 256 g/mol. The van der Waals surface area contributed by atoms with E-state index in [1.807, 2.05) is 17.8 Å². The summed E-state index contributed by atoms with van der Waals surface area (Å²) in [5, 5.41) is 1.11.